The van der Waals surface area contributed by atoms with Crippen molar-refractivity contribution >= 4 is 17.6 Å². The molecule has 1 amide bonds. The number of hydrogen-bond donors (Lipinski definition) is 4. The largest absolute Gasteiger partial charge is 0.480 e. The quantitative estimate of drug-likeness (QED) is 0.540. The Kier molecular flexibility index (Phi) is 4.06. The molecule has 5 N–H and O–H groups in total. The molecule has 0 heterocycles. The van der Waals surface area contributed by atoms with Gasteiger partial charge in [0.1, 0.15) is 0 Å². The molecule has 1 rings (SSSR count). The third kappa shape index (κ3) is 3.18. The number of anilines is 1. The minimum Gasteiger partial charge on any atom is -0.480 e. The van der Waals surface area contributed by atoms with Gasteiger partial charge in [0.05, 0.1) is 6.61 Å². The van der Waals surface area contributed by atoms with Crippen molar-refractivity contribution in [2.45, 2.75) is 13.0 Å². The second kappa shape index (κ2) is 5.31. The lowest BCUT2D eigenvalue weighted by molar-refractivity contribution is -0.140. The molecular formula is C11H14N2O4. The fourth-order valence-corrected chi connectivity index (χ4v) is 1.21. The third-order valence-corrected chi connectivity index (χ3v) is 2.33. The molecule has 0 unspecified atom stereocenters. The van der Waals surface area contributed by atoms with Crippen LogP contribution in [0.1, 0.15) is 15.9 Å². The standard InChI is InChI=1S/C11H14N2O4/c1-6-2-3-7(4-8(6)12)10(15)13-9(5-14)11(16)17/h2-4,9,14H,5,12H2,1H3,(H,13,15)(H,16,17)/t9-/m1/s1. The molecule has 92 valence electrons. The minimum atomic E-state index is -1.31. The van der Waals surface area contributed by atoms with Crippen molar-refractivity contribution in [2.75, 3.05) is 12.3 Å². The molecule has 1 aromatic rings. The van der Waals surface area contributed by atoms with Gasteiger partial charge in [0.15, 0.2) is 6.04 Å². The van der Waals surface area contributed by atoms with Gasteiger partial charge in [-0.05, 0) is 24.6 Å². The monoisotopic (exact) mass is 238 g/mol. The fraction of sp³-hybridized carbons (Fsp3) is 0.273. The number of nitrogens with one attached hydrogen (secondary N) is 1. The molecule has 0 aliphatic carbocycles. The molecule has 17 heavy (non-hydrogen) atoms. The van der Waals surface area contributed by atoms with Crippen LogP contribution in [0, 0.1) is 6.92 Å². The number of hydrogen-bond acceptors (Lipinski definition) is 4. The molecular weight excluding hydrogens is 224 g/mol. The number of aliphatic hydroxyl groups excluding tert-OH is 1. The van der Waals surface area contributed by atoms with E-state index in [1.165, 1.54) is 12.1 Å². The van der Waals surface area contributed by atoms with E-state index >= 15 is 0 Å². The van der Waals surface area contributed by atoms with E-state index in [1.54, 1.807) is 13.0 Å². The first-order valence-electron chi connectivity index (χ1n) is 4.96. The first-order chi connectivity index (χ1) is 7.95. The van der Waals surface area contributed by atoms with Gasteiger partial charge in [0, 0.05) is 11.3 Å². The Labute approximate surface area is 98.1 Å². The van der Waals surface area contributed by atoms with E-state index in [9.17, 15) is 9.59 Å². The van der Waals surface area contributed by atoms with Crippen molar-refractivity contribution in [3.05, 3.63) is 29.3 Å². The van der Waals surface area contributed by atoms with Crippen molar-refractivity contribution in [3.8, 4) is 0 Å². The number of benzene rings is 1. The molecule has 0 aliphatic heterocycles. The van der Waals surface area contributed by atoms with E-state index in [0.29, 0.717) is 5.69 Å². The van der Waals surface area contributed by atoms with Crippen LogP contribution in [0.5, 0.6) is 0 Å². The van der Waals surface area contributed by atoms with Gasteiger partial charge < -0.3 is 21.3 Å². The highest BCUT2D eigenvalue weighted by atomic mass is 16.4. The van der Waals surface area contributed by atoms with E-state index < -0.39 is 24.5 Å². The van der Waals surface area contributed by atoms with Crippen LogP contribution in [0.3, 0.4) is 0 Å². The number of carboxylic acid groups (broad SMARTS) is 1. The van der Waals surface area contributed by atoms with Crippen molar-refractivity contribution in [3.63, 3.8) is 0 Å². The topological polar surface area (TPSA) is 113 Å². The fourth-order valence-electron chi connectivity index (χ4n) is 1.21. The summed E-state index contributed by atoms with van der Waals surface area (Å²) in [7, 11) is 0. The molecule has 1 aromatic carbocycles. The van der Waals surface area contributed by atoms with E-state index in [4.69, 9.17) is 15.9 Å². The second-order valence-electron chi connectivity index (χ2n) is 3.62. The van der Waals surface area contributed by atoms with Crippen LogP contribution in [0.4, 0.5) is 5.69 Å². The Morgan fingerprint density at radius 3 is 2.59 bits per heavy atom. The average Bonchev–Trinajstić information content (AvgIpc) is 2.28. The highest BCUT2D eigenvalue weighted by Crippen LogP contribution is 2.12. The summed E-state index contributed by atoms with van der Waals surface area (Å²) in [5.41, 5.74) is 7.18. The van der Waals surface area contributed by atoms with Gasteiger partial charge >= 0.3 is 5.97 Å². The van der Waals surface area contributed by atoms with Crippen molar-refractivity contribution < 1.29 is 19.8 Å². The predicted molar refractivity (Wildman–Crippen MR) is 61.6 cm³/mol. The molecule has 0 saturated heterocycles. The van der Waals surface area contributed by atoms with E-state index in [-0.39, 0.29) is 5.56 Å². The predicted octanol–water partition coefficient (Wildman–Crippen LogP) is -0.247. The third-order valence-electron chi connectivity index (χ3n) is 2.33. The zero-order chi connectivity index (χ0) is 13.0. The summed E-state index contributed by atoms with van der Waals surface area (Å²) in [5.74, 6) is -1.88. The van der Waals surface area contributed by atoms with Crippen LogP contribution < -0.4 is 11.1 Å². The molecule has 6 nitrogen and oxygen atoms in total. The summed E-state index contributed by atoms with van der Waals surface area (Å²) in [6.45, 7) is 1.13. The number of carbonyl (C=O) groups excluding carboxylic acids is 1. The number of carbonyl (C=O) groups is 2. The van der Waals surface area contributed by atoms with Gasteiger partial charge in [0.25, 0.3) is 5.91 Å². The van der Waals surface area contributed by atoms with Crippen LogP contribution in [0.25, 0.3) is 0 Å². The van der Waals surface area contributed by atoms with Gasteiger partial charge in [0.2, 0.25) is 0 Å². The number of aryl methyl sites for hydroxylation is 1. The molecule has 1 atom stereocenters. The first kappa shape index (κ1) is 13.0. The minimum absolute atomic E-state index is 0.257. The Balaban J connectivity index is 2.82. The summed E-state index contributed by atoms with van der Waals surface area (Å²) >= 11 is 0. The number of aliphatic hydroxyl groups is 1. The highest BCUT2D eigenvalue weighted by molar-refractivity contribution is 5.97. The SMILES string of the molecule is Cc1ccc(C(=O)N[C@H](CO)C(=O)O)cc1N. The summed E-state index contributed by atoms with van der Waals surface area (Å²) < 4.78 is 0. The van der Waals surface area contributed by atoms with Crippen molar-refractivity contribution in [1.29, 1.82) is 0 Å². The number of aliphatic carboxylic acids is 1. The van der Waals surface area contributed by atoms with E-state index in [2.05, 4.69) is 5.32 Å². The van der Waals surface area contributed by atoms with Gasteiger partial charge in [-0.2, -0.15) is 0 Å². The normalized spacial score (nSPS) is 11.9. The Hall–Kier alpha value is -2.08. The lowest BCUT2D eigenvalue weighted by atomic mass is 10.1. The maximum absolute atomic E-state index is 11.6. The van der Waals surface area contributed by atoms with Crippen LogP contribution in [-0.2, 0) is 4.79 Å². The van der Waals surface area contributed by atoms with Crippen LogP contribution in [-0.4, -0.2) is 34.7 Å². The van der Waals surface area contributed by atoms with Gasteiger partial charge in [-0.1, -0.05) is 6.07 Å². The lowest BCUT2D eigenvalue weighted by Crippen LogP contribution is -2.43. The van der Waals surface area contributed by atoms with Crippen LogP contribution in [0.15, 0.2) is 18.2 Å². The lowest BCUT2D eigenvalue weighted by Gasteiger charge is -2.12. The smallest absolute Gasteiger partial charge is 0.328 e. The molecule has 0 spiro atoms. The van der Waals surface area contributed by atoms with Crippen LogP contribution >= 0.6 is 0 Å². The van der Waals surface area contributed by atoms with E-state index in [0.717, 1.165) is 5.56 Å². The number of amides is 1. The molecule has 0 aliphatic rings. The number of nitrogen functional groups attached to an aromatic ring is 1. The Morgan fingerprint density at radius 1 is 1.47 bits per heavy atom. The molecule has 6 heteroatoms. The average molecular weight is 238 g/mol. The van der Waals surface area contributed by atoms with Gasteiger partial charge in [-0.25, -0.2) is 4.79 Å². The molecule has 0 radical (unpaired) electrons. The molecule has 0 saturated carbocycles. The summed E-state index contributed by atoms with van der Waals surface area (Å²) in [6, 6.07) is 3.35. The maximum Gasteiger partial charge on any atom is 0.328 e. The summed E-state index contributed by atoms with van der Waals surface area (Å²) in [6.07, 6.45) is 0. The Morgan fingerprint density at radius 2 is 2.12 bits per heavy atom. The summed E-state index contributed by atoms with van der Waals surface area (Å²) in [4.78, 5) is 22.3. The highest BCUT2D eigenvalue weighted by Gasteiger charge is 2.19. The van der Waals surface area contributed by atoms with Crippen molar-refractivity contribution in [1.82, 2.24) is 5.32 Å². The number of rotatable bonds is 4. The second-order valence-corrected chi connectivity index (χ2v) is 3.62. The Bertz CT molecular complexity index is 445. The molecule has 0 bridgehead atoms. The van der Waals surface area contributed by atoms with Crippen molar-refractivity contribution in [2.24, 2.45) is 0 Å². The van der Waals surface area contributed by atoms with Crippen LogP contribution in [0.2, 0.25) is 0 Å². The summed E-state index contributed by atoms with van der Waals surface area (Å²) in [5, 5.41) is 19.6. The maximum atomic E-state index is 11.6. The van der Waals surface area contributed by atoms with Gasteiger partial charge in [-0.15, -0.1) is 0 Å². The zero-order valence-electron chi connectivity index (χ0n) is 9.30. The molecule has 0 aromatic heterocycles. The first-order valence-corrected chi connectivity index (χ1v) is 4.96. The van der Waals surface area contributed by atoms with E-state index in [1.807, 2.05) is 0 Å². The zero-order valence-corrected chi connectivity index (χ0v) is 9.30. The molecule has 0 fully saturated rings. The van der Waals surface area contributed by atoms with Gasteiger partial charge in [-0.3, -0.25) is 4.79 Å². The number of nitrogens with two attached hydrogens (primary N) is 1. The number of carboxylic acids is 1.